The molecule has 3 aliphatic heterocycles. The van der Waals surface area contributed by atoms with Gasteiger partial charge in [0.05, 0.1) is 35.1 Å². The maximum atomic E-state index is 15.0. The summed E-state index contributed by atoms with van der Waals surface area (Å²) in [6, 6.07) is 2.67. The minimum atomic E-state index is -1.94. The summed E-state index contributed by atoms with van der Waals surface area (Å²) in [6.45, 7) is 3.90. The van der Waals surface area contributed by atoms with Gasteiger partial charge in [0.2, 0.25) is 5.91 Å². The number of ether oxygens (including phenoxy) is 1. The predicted molar refractivity (Wildman–Crippen MR) is 139 cm³/mol. The Bertz CT molecular complexity index is 1620. The van der Waals surface area contributed by atoms with Gasteiger partial charge in [-0.25, -0.2) is 14.2 Å². The summed E-state index contributed by atoms with van der Waals surface area (Å²) in [5.41, 5.74) is 1.65. The number of benzene rings is 1. The molecule has 0 bridgehead atoms. The summed E-state index contributed by atoms with van der Waals surface area (Å²) in [5.74, 6) is -0.773. The third-order valence-electron chi connectivity index (χ3n) is 7.84. The van der Waals surface area contributed by atoms with Gasteiger partial charge in [-0.2, -0.15) is 0 Å². The molecule has 1 aromatic carbocycles. The first kappa shape index (κ1) is 25.0. The molecule has 3 aromatic rings. The fourth-order valence-electron chi connectivity index (χ4n) is 5.74. The van der Waals surface area contributed by atoms with E-state index in [0.29, 0.717) is 41.2 Å². The molecule has 0 unspecified atom stereocenters. The van der Waals surface area contributed by atoms with E-state index >= 15 is 0 Å². The lowest BCUT2D eigenvalue weighted by atomic mass is 9.86. The lowest BCUT2D eigenvalue weighted by Gasteiger charge is -2.31. The van der Waals surface area contributed by atoms with Crippen molar-refractivity contribution in [2.75, 3.05) is 19.3 Å². The molecule has 38 heavy (non-hydrogen) atoms. The molecule has 3 aliphatic rings. The largest absolute Gasteiger partial charge is 0.458 e. The summed E-state index contributed by atoms with van der Waals surface area (Å²) >= 11 is 1.49. The van der Waals surface area contributed by atoms with Crippen LogP contribution in [0.15, 0.2) is 21.8 Å². The van der Waals surface area contributed by atoms with E-state index in [2.05, 4.69) is 10.6 Å². The molecule has 3 N–H and O–H groups in total. The molecular weight excluding hydrogens is 511 g/mol. The lowest BCUT2D eigenvalue weighted by molar-refractivity contribution is -0.172. The fraction of sp³-hybridized carbons (Fsp3) is 0.407. The van der Waals surface area contributed by atoms with E-state index in [9.17, 15) is 23.9 Å². The molecule has 2 aromatic heterocycles. The first-order valence-corrected chi connectivity index (χ1v) is 13.6. The van der Waals surface area contributed by atoms with Gasteiger partial charge in [0.15, 0.2) is 5.60 Å². The van der Waals surface area contributed by atoms with E-state index in [1.807, 2.05) is 0 Å². The number of aliphatic hydroxyl groups is 1. The van der Waals surface area contributed by atoms with Crippen LogP contribution >= 0.6 is 11.8 Å². The summed E-state index contributed by atoms with van der Waals surface area (Å²) in [5, 5.41) is 18.0. The number of halogens is 1. The van der Waals surface area contributed by atoms with Gasteiger partial charge in [0, 0.05) is 46.2 Å². The van der Waals surface area contributed by atoms with E-state index in [0.717, 1.165) is 21.4 Å². The quantitative estimate of drug-likeness (QED) is 0.331. The van der Waals surface area contributed by atoms with Crippen LogP contribution in [0.1, 0.15) is 53.6 Å². The number of carbonyl (C=O) groups excluding carboxylic acids is 2. The van der Waals surface area contributed by atoms with Gasteiger partial charge < -0.3 is 25.0 Å². The number of carbonyl (C=O) groups is 2. The third kappa shape index (κ3) is 3.45. The molecule has 0 aliphatic carbocycles. The molecule has 0 fully saturated rings. The van der Waals surface area contributed by atoms with Crippen LogP contribution < -0.4 is 16.2 Å². The normalized spacial score (nSPS) is 21.1. The number of thioether (sulfide) groups is 1. The Labute approximate surface area is 221 Å². The maximum absolute atomic E-state index is 15.0. The van der Waals surface area contributed by atoms with Gasteiger partial charge in [0.1, 0.15) is 12.4 Å². The van der Waals surface area contributed by atoms with Crippen molar-refractivity contribution < 1.29 is 23.8 Å². The SMILES string of the molecule is CC[C@@]1(O)C(=O)OCc2c1cc1n(c2=O)Cc2c-1nc1cc(F)c(C)c3c1c2[C@H](NC(=O)CCNC)CS3. The van der Waals surface area contributed by atoms with Crippen molar-refractivity contribution >= 4 is 34.5 Å². The molecule has 5 heterocycles. The molecular formula is C27H27FN4O5S. The second-order valence-corrected chi connectivity index (χ2v) is 11.0. The molecule has 0 spiro atoms. The number of pyridine rings is 2. The highest BCUT2D eigenvalue weighted by Gasteiger charge is 2.46. The zero-order valence-electron chi connectivity index (χ0n) is 21.2. The molecule has 9 nitrogen and oxygen atoms in total. The summed E-state index contributed by atoms with van der Waals surface area (Å²) in [7, 11) is 1.78. The number of hydrogen-bond acceptors (Lipinski definition) is 8. The van der Waals surface area contributed by atoms with Gasteiger partial charge in [-0.05, 0) is 37.6 Å². The number of hydrogen-bond donors (Lipinski definition) is 3. The Morgan fingerprint density at radius 2 is 2.13 bits per heavy atom. The summed E-state index contributed by atoms with van der Waals surface area (Å²) in [6.07, 6.45) is 0.343. The van der Waals surface area contributed by atoms with Crippen LogP contribution in [0.5, 0.6) is 0 Å². The van der Waals surface area contributed by atoms with Crippen molar-refractivity contribution in [3.05, 3.63) is 56.1 Å². The topological polar surface area (TPSA) is 123 Å². The van der Waals surface area contributed by atoms with E-state index in [1.54, 1.807) is 31.5 Å². The zero-order valence-corrected chi connectivity index (χ0v) is 22.1. The van der Waals surface area contributed by atoms with Crippen LogP contribution in [0.3, 0.4) is 0 Å². The fourth-order valence-corrected chi connectivity index (χ4v) is 7.00. The zero-order chi connectivity index (χ0) is 26.9. The molecule has 11 heteroatoms. The smallest absolute Gasteiger partial charge is 0.343 e. The molecule has 198 valence electrons. The molecule has 0 radical (unpaired) electrons. The van der Waals surface area contributed by atoms with E-state index in [-0.39, 0.29) is 54.0 Å². The van der Waals surface area contributed by atoms with Gasteiger partial charge in [-0.1, -0.05) is 6.92 Å². The Balaban J connectivity index is 1.60. The minimum absolute atomic E-state index is 0.0385. The van der Waals surface area contributed by atoms with Crippen LogP contribution in [-0.4, -0.2) is 45.9 Å². The van der Waals surface area contributed by atoms with Crippen LogP contribution in [0.25, 0.3) is 22.3 Å². The number of esters is 1. The molecule has 0 saturated carbocycles. The van der Waals surface area contributed by atoms with Crippen LogP contribution in [0.2, 0.25) is 0 Å². The Morgan fingerprint density at radius 3 is 2.87 bits per heavy atom. The summed E-state index contributed by atoms with van der Waals surface area (Å²) in [4.78, 5) is 44.5. The van der Waals surface area contributed by atoms with Gasteiger partial charge in [-0.3, -0.25) is 9.59 Å². The highest BCUT2D eigenvalue weighted by atomic mass is 32.2. The predicted octanol–water partition coefficient (Wildman–Crippen LogP) is 2.40. The van der Waals surface area contributed by atoms with Gasteiger partial charge in [0.25, 0.3) is 5.56 Å². The number of cyclic esters (lactones) is 1. The van der Waals surface area contributed by atoms with Crippen LogP contribution in [-0.2, 0) is 33.1 Å². The number of fused-ring (bicyclic) bond motifs is 5. The van der Waals surface area contributed by atoms with Crippen molar-refractivity contribution in [1.82, 2.24) is 20.2 Å². The van der Waals surface area contributed by atoms with Crippen LogP contribution in [0.4, 0.5) is 4.39 Å². The van der Waals surface area contributed by atoms with Crippen molar-refractivity contribution in [2.45, 2.75) is 56.4 Å². The van der Waals surface area contributed by atoms with Crippen molar-refractivity contribution in [3.63, 3.8) is 0 Å². The standard InChI is InChI=1S/C27H27FN4O5S/c1-4-27(36)15-7-19-23-13(9-32(19)25(34)14(15)10-37-26(27)35)21-18(30-20(33)5-6-29-3)11-38-24-12(2)16(28)8-17(31-23)22(21)24/h7-8,18,29,36H,4-6,9-11H2,1-3H3,(H,30,33)/t18-,27+/m1/s1. The number of rotatable bonds is 5. The maximum Gasteiger partial charge on any atom is 0.343 e. The Kier molecular flexibility index (Phi) is 5.85. The second kappa shape index (κ2) is 8.89. The van der Waals surface area contributed by atoms with Crippen LogP contribution in [0, 0.1) is 12.7 Å². The number of aromatic nitrogens is 2. The van der Waals surface area contributed by atoms with Crippen molar-refractivity contribution in [3.8, 4) is 11.4 Å². The Hall–Kier alpha value is -3.28. The highest BCUT2D eigenvalue weighted by Crippen LogP contribution is 2.48. The average Bonchev–Trinajstić information content (AvgIpc) is 3.27. The van der Waals surface area contributed by atoms with Crippen molar-refractivity contribution in [2.24, 2.45) is 0 Å². The molecule has 0 saturated heterocycles. The number of nitrogens with zero attached hydrogens (tertiary/aromatic N) is 2. The molecule has 1 amide bonds. The minimum Gasteiger partial charge on any atom is -0.458 e. The lowest BCUT2D eigenvalue weighted by Crippen LogP contribution is -2.44. The number of nitrogens with one attached hydrogen (secondary N) is 2. The van der Waals surface area contributed by atoms with Gasteiger partial charge in [-0.15, -0.1) is 11.8 Å². The molecule has 6 rings (SSSR count). The highest BCUT2D eigenvalue weighted by molar-refractivity contribution is 7.99. The van der Waals surface area contributed by atoms with Gasteiger partial charge >= 0.3 is 5.97 Å². The summed E-state index contributed by atoms with van der Waals surface area (Å²) < 4.78 is 21.7. The average molecular weight is 539 g/mol. The first-order chi connectivity index (χ1) is 18.2. The monoisotopic (exact) mass is 538 g/mol. The second-order valence-electron chi connectivity index (χ2n) is 9.95. The first-order valence-electron chi connectivity index (χ1n) is 12.6. The number of amides is 1. The van der Waals surface area contributed by atoms with E-state index in [4.69, 9.17) is 9.72 Å². The Morgan fingerprint density at radius 1 is 1.34 bits per heavy atom. The van der Waals surface area contributed by atoms with Crippen molar-refractivity contribution in [1.29, 1.82) is 0 Å². The molecule has 2 atom stereocenters. The van der Waals surface area contributed by atoms with E-state index < -0.39 is 11.6 Å². The third-order valence-corrected chi connectivity index (χ3v) is 9.14. The van der Waals surface area contributed by atoms with E-state index in [1.165, 1.54) is 17.8 Å².